The van der Waals surface area contributed by atoms with E-state index in [0.717, 1.165) is 18.4 Å². The minimum Gasteiger partial charge on any atom is -0.353 e. The molecule has 1 unspecified atom stereocenters. The number of aryl methyl sites for hydroxylation is 1. The third-order valence-corrected chi connectivity index (χ3v) is 6.51. The van der Waals surface area contributed by atoms with E-state index in [-0.39, 0.29) is 35.6 Å². The number of carbonyl (C=O) groups excluding carboxylic acids is 1. The number of amides is 1. The van der Waals surface area contributed by atoms with Gasteiger partial charge in [-0.2, -0.15) is 0 Å². The molecule has 34 heavy (non-hydrogen) atoms. The van der Waals surface area contributed by atoms with Crippen LogP contribution in [0.1, 0.15) is 24.5 Å². The topological polar surface area (TPSA) is 64.0 Å². The molecule has 7 heteroatoms. The molecule has 0 spiro atoms. The van der Waals surface area contributed by atoms with Gasteiger partial charge in [0, 0.05) is 6.04 Å². The first-order valence-electron chi connectivity index (χ1n) is 11.2. The molecular formula is C27H26FN3O2S. The molecule has 0 aliphatic rings. The molecule has 0 radical (unpaired) electrons. The largest absolute Gasteiger partial charge is 0.353 e. The van der Waals surface area contributed by atoms with Crippen LogP contribution in [0.3, 0.4) is 0 Å². The number of nitrogens with zero attached hydrogens (tertiary/aromatic N) is 2. The van der Waals surface area contributed by atoms with Crippen molar-refractivity contribution >= 4 is 28.6 Å². The molecule has 0 fully saturated rings. The van der Waals surface area contributed by atoms with Crippen molar-refractivity contribution in [2.45, 2.75) is 37.5 Å². The Hall–Kier alpha value is -3.45. The van der Waals surface area contributed by atoms with Gasteiger partial charge in [-0.05, 0) is 55.2 Å². The maximum Gasteiger partial charge on any atom is 0.262 e. The van der Waals surface area contributed by atoms with Crippen molar-refractivity contribution in [1.82, 2.24) is 14.9 Å². The number of halogens is 1. The van der Waals surface area contributed by atoms with Gasteiger partial charge in [0.05, 0.1) is 23.2 Å². The van der Waals surface area contributed by atoms with Gasteiger partial charge in [-0.15, -0.1) is 0 Å². The van der Waals surface area contributed by atoms with Gasteiger partial charge in [0.25, 0.3) is 5.56 Å². The molecule has 0 aliphatic carbocycles. The lowest BCUT2D eigenvalue weighted by Crippen LogP contribution is -2.34. The minimum atomic E-state index is -0.333. The summed E-state index contributed by atoms with van der Waals surface area (Å²) in [5.41, 5.74) is 2.42. The highest BCUT2D eigenvalue weighted by Gasteiger charge is 2.15. The van der Waals surface area contributed by atoms with E-state index in [1.165, 1.54) is 29.5 Å². The fraction of sp³-hybridized carbons (Fsp3) is 0.222. The van der Waals surface area contributed by atoms with E-state index < -0.39 is 0 Å². The summed E-state index contributed by atoms with van der Waals surface area (Å²) in [4.78, 5) is 30.5. The number of rotatable bonds is 9. The van der Waals surface area contributed by atoms with E-state index in [2.05, 4.69) is 22.4 Å². The first-order valence-corrected chi connectivity index (χ1v) is 12.2. The highest BCUT2D eigenvalue weighted by atomic mass is 32.2. The monoisotopic (exact) mass is 475 g/mol. The van der Waals surface area contributed by atoms with Crippen LogP contribution in [0.25, 0.3) is 10.9 Å². The zero-order valence-electron chi connectivity index (χ0n) is 18.9. The Kier molecular flexibility index (Phi) is 7.75. The highest BCUT2D eigenvalue weighted by Crippen LogP contribution is 2.19. The Morgan fingerprint density at radius 1 is 1.00 bits per heavy atom. The Bertz CT molecular complexity index is 1320. The molecule has 4 rings (SSSR count). The average molecular weight is 476 g/mol. The maximum atomic E-state index is 13.3. The fourth-order valence-corrected chi connectivity index (χ4v) is 4.53. The SMILES string of the molecule is CC(CCc1ccccc1)NC(=O)CSc1nc2ccccc2c(=O)n1Cc1ccc(F)cc1. The van der Waals surface area contributed by atoms with Crippen LogP contribution in [0.15, 0.2) is 88.8 Å². The molecule has 0 saturated carbocycles. The van der Waals surface area contributed by atoms with Crippen molar-refractivity contribution in [3.8, 4) is 0 Å². The number of benzene rings is 3. The fourth-order valence-electron chi connectivity index (χ4n) is 3.72. The second-order valence-electron chi connectivity index (χ2n) is 8.21. The lowest BCUT2D eigenvalue weighted by molar-refractivity contribution is -0.119. The standard InChI is InChI=1S/C27H26FN3O2S/c1-19(11-12-20-7-3-2-4-8-20)29-25(32)18-34-27-30-24-10-6-5-9-23(24)26(33)31(27)17-21-13-15-22(28)16-14-21/h2-10,13-16,19H,11-12,17-18H2,1H3,(H,29,32). The van der Waals surface area contributed by atoms with Crippen LogP contribution >= 0.6 is 11.8 Å². The summed E-state index contributed by atoms with van der Waals surface area (Å²) in [6, 6.07) is 23.4. The molecule has 0 aliphatic heterocycles. The Morgan fingerprint density at radius 3 is 2.47 bits per heavy atom. The van der Waals surface area contributed by atoms with E-state index in [1.54, 1.807) is 34.9 Å². The number of aromatic nitrogens is 2. The van der Waals surface area contributed by atoms with E-state index >= 15 is 0 Å². The second-order valence-corrected chi connectivity index (χ2v) is 9.15. The van der Waals surface area contributed by atoms with Crippen LogP contribution in [0.5, 0.6) is 0 Å². The molecule has 0 bridgehead atoms. The highest BCUT2D eigenvalue weighted by molar-refractivity contribution is 7.99. The first kappa shape index (κ1) is 23.7. The molecular weight excluding hydrogens is 449 g/mol. The van der Waals surface area contributed by atoms with Crippen LogP contribution in [0, 0.1) is 5.82 Å². The van der Waals surface area contributed by atoms with E-state index in [1.807, 2.05) is 31.2 Å². The van der Waals surface area contributed by atoms with Crippen molar-refractivity contribution in [3.05, 3.63) is 106 Å². The molecule has 1 amide bonds. The van der Waals surface area contributed by atoms with Gasteiger partial charge < -0.3 is 5.32 Å². The predicted octanol–water partition coefficient (Wildman–Crippen LogP) is 4.81. The zero-order valence-corrected chi connectivity index (χ0v) is 19.7. The number of fused-ring (bicyclic) bond motifs is 1. The number of carbonyl (C=O) groups is 1. The molecule has 0 saturated heterocycles. The lowest BCUT2D eigenvalue weighted by atomic mass is 10.1. The number of hydrogen-bond acceptors (Lipinski definition) is 4. The smallest absolute Gasteiger partial charge is 0.262 e. The van der Waals surface area contributed by atoms with Crippen LogP contribution < -0.4 is 10.9 Å². The summed E-state index contributed by atoms with van der Waals surface area (Å²) in [6.45, 7) is 2.23. The van der Waals surface area contributed by atoms with Gasteiger partial charge in [-0.1, -0.05) is 66.4 Å². The lowest BCUT2D eigenvalue weighted by Gasteiger charge is -2.15. The quantitative estimate of drug-likeness (QED) is 0.279. The maximum absolute atomic E-state index is 13.3. The third-order valence-electron chi connectivity index (χ3n) is 5.53. The predicted molar refractivity (Wildman–Crippen MR) is 135 cm³/mol. The zero-order chi connectivity index (χ0) is 23.9. The van der Waals surface area contributed by atoms with Gasteiger partial charge in [-0.3, -0.25) is 14.2 Å². The molecule has 4 aromatic rings. The minimum absolute atomic E-state index is 0.0271. The number of hydrogen-bond donors (Lipinski definition) is 1. The number of para-hydroxylation sites is 1. The summed E-state index contributed by atoms with van der Waals surface area (Å²) in [7, 11) is 0. The number of thioether (sulfide) groups is 1. The van der Waals surface area contributed by atoms with Crippen LogP contribution in [-0.4, -0.2) is 27.3 Å². The average Bonchev–Trinajstić information content (AvgIpc) is 2.85. The molecule has 1 aromatic heterocycles. The summed E-state index contributed by atoms with van der Waals surface area (Å²) in [5.74, 6) is -0.300. The second kappa shape index (κ2) is 11.1. The van der Waals surface area contributed by atoms with Crippen molar-refractivity contribution in [2.24, 2.45) is 0 Å². The van der Waals surface area contributed by atoms with Crippen molar-refractivity contribution < 1.29 is 9.18 Å². The summed E-state index contributed by atoms with van der Waals surface area (Å²) in [6.07, 6.45) is 1.72. The van der Waals surface area contributed by atoms with Gasteiger partial charge in [0.15, 0.2) is 5.16 Å². The van der Waals surface area contributed by atoms with Crippen LogP contribution in [0.4, 0.5) is 4.39 Å². The van der Waals surface area contributed by atoms with E-state index in [9.17, 15) is 14.0 Å². The van der Waals surface area contributed by atoms with Crippen molar-refractivity contribution in [1.29, 1.82) is 0 Å². The molecule has 3 aromatic carbocycles. The third kappa shape index (κ3) is 6.11. The Labute approximate surface area is 202 Å². The summed E-state index contributed by atoms with van der Waals surface area (Å²) in [5, 5.41) is 4.00. The van der Waals surface area contributed by atoms with E-state index in [4.69, 9.17) is 0 Å². The molecule has 5 nitrogen and oxygen atoms in total. The normalized spacial score (nSPS) is 11.9. The van der Waals surface area contributed by atoms with Crippen LogP contribution in [0.2, 0.25) is 0 Å². The van der Waals surface area contributed by atoms with Crippen molar-refractivity contribution in [3.63, 3.8) is 0 Å². The van der Waals surface area contributed by atoms with Gasteiger partial charge >= 0.3 is 0 Å². The van der Waals surface area contributed by atoms with Crippen molar-refractivity contribution in [2.75, 3.05) is 5.75 Å². The molecule has 1 heterocycles. The Balaban J connectivity index is 1.46. The van der Waals surface area contributed by atoms with Crippen LogP contribution in [-0.2, 0) is 17.8 Å². The molecule has 174 valence electrons. The van der Waals surface area contributed by atoms with E-state index in [0.29, 0.717) is 16.1 Å². The van der Waals surface area contributed by atoms with Gasteiger partial charge in [0.1, 0.15) is 5.82 Å². The Morgan fingerprint density at radius 2 is 1.71 bits per heavy atom. The summed E-state index contributed by atoms with van der Waals surface area (Å²) >= 11 is 1.23. The molecule has 1 atom stereocenters. The first-order chi connectivity index (χ1) is 16.5. The van der Waals surface area contributed by atoms with Gasteiger partial charge in [0.2, 0.25) is 5.91 Å². The molecule has 1 N–H and O–H groups in total. The van der Waals surface area contributed by atoms with Gasteiger partial charge in [-0.25, -0.2) is 9.37 Å². The summed E-state index contributed by atoms with van der Waals surface area (Å²) < 4.78 is 14.9. The number of nitrogens with one attached hydrogen (secondary N) is 1.